The number of rotatable bonds is 1. The second-order valence-electron chi connectivity index (χ2n) is 6.10. The smallest absolute Gasteiger partial charge is 0.293 e. The summed E-state index contributed by atoms with van der Waals surface area (Å²) >= 11 is 0. The van der Waals surface area contributed by atoms with Crippen molar-refractivity contribution in [3.05, 3.63) is 29.8 Å². The van der Waals surface area contributed by atoms with Crippen LogP contribution in [0.3, 0.4) is 0 Å². The summed E-state index contributed by atoms with van der Waals surface area (Å²) in [6.45, 7) is 8.70. The molecule has 1 saturated heterocycles. The summed E-state index contributed by atoms with van der Waals surface area (Å²) < 4.78 is 0. The number of amides is 3. The summed E-state index contributed by atoms with van der Waals surface area (Å²) in [5.74, 6) is -0.382. The molecule has 1 fully saturated rings. The molecule has 0 spiro atoms. The van der Waals surface area contributed by atoms with Crippen LogP contribution in [0.5, 0.6) is 0 Å². The first-order valence-corrected chi connectivity index (χ1v) is 6.52. The summed E-state index contributed by atoms with van der Waals surface area (Å²) in [6.07, 6.45) is 0. The Kier molecular flexibility index (Phi) is 3.35. The second-order valence-corrected chi connectivity index (χ2v) is 6.10. The third kappa shape index (κ3) is 2.78. The largest absolute Gasteiger partial charge is 0.328 e. The van der Waals surface area contributed by atoms with Crippen LogP contribution in [0.1, 0.15) is 33.3 Å². The van der Waals surface area contributed by atoms with Crippen LogP contribution in [0.2, 0.25) is 0 Å². The van der Waals surface area contributed by atoms with Crippen molar-refractivity contribution in [2.75, 3.05) is 11.4 Å². The quantitative estimate of drug-likeness (QED) is 0.844. The predicted octanol–water partition coefficient (Wildman–Crippen LogP) is 2.68. The fraction of sp³-hybridized carbons (Fsp3) is 0.467. The number of anilines is 1. The molecule has 4 heteroatoms. The molecule has 3 amide bonds. The fourth-order valence-corrected chi connectivity index (χ4v) is 2.10. The topological polar surface area (TPSA) is 49.4 Å². The van der Waals surface area contributed by atoms with Gasteiger partial charge in [0.15, 0.2) is 0 Å². The first-order valence-electron chi connectivity index (χ1n) is 6.52. The summed E-state index contributed by atoms with van der Waals surface area (Å²) in [6, 6.07) is 7.59. The molecule has 4 nitrogen and oxygen atoms in total. The van der Waals surface area contributed by atoms with Crippen molar-refractivity contribution in [3.8, 4) is 0 Å². The molecule has 1 aliphatic heterocycles. The van der Waals surface area contributed by atoms with Gasteiger partial charge < -0.3 is 0 Å². The molecule has 1 aliphatic rings. The van der Waals surface area contributed by atoms with Gasteiger partial charge in [-0.1, -0.05) is 39.8 Å². The lowest BCUT2D eigenvalue weighted by Gasteiger charge is -2.30. The highest BCUT2D eigenvalue weighted by Crippen LogP contribution is 2.26. The first-order chi connectivity index (χ1) is 8.79. The number of imide groups is 1. The molecule has 0 radical (unpaired) electrons. The number of benzene rings is 1. The van der Waals surface area contributed by atoms with Gasteiger partial charge >= 0.3 is 6.03 Å². The molecule has 102 valence electrons. The number of urea groups is 1. The number of hydrogen-bond acceptors (Lipinski definition) is 2. The predicted molar refractivity (Wildman–Crippen MR) is 75.2 cm³/mol. The molecule has 1 N–H and O–H groups in total. The van der Waals surface area contributed by atoms with E-state index in [0.29, 0.717) is 6.54 Å². The van der Waals surface area contributed by atoms with E-state index in [-0.39, 0.29) is 23.3 Å². The SMILES string of the molecule is CC1CN(c2ccc(C(C)(C)C)cc2)C(=O)NC1=O. The van der Waals surface area contributed by atoms with Crippen molar-refractivity contribution < 1.29 is 9.59 Å². The Bertz CT molecular complexity index is 500. The average Bonchev–Trinajstić information content (AvgIpc) is 2.33. The molecule has 0 aliphatic carbocycles. The Balaban J connectivity index is 2.23. The average molecular weight is 260 g/mol. The van der Waals surface area contributed by atoms with E-state index >= 15 is 0 Å². The zero-order chi connectivity index (χ0) is 14.2. The number of nitrogens with one attached hydrogen (secondary N) is 1. The summed E-state index contributed by atoms with van der Waals surface area (Å²) in [7, 11) is 0. The van der Waals surface area contributed by atoms with Gasteiger partial charge in [-0.2, -0.15) is 0 Å². The third-order valence-electron chi connectivity index (χ3n) is 3.42. The molecular formula is C15H20N2O2. The number of carbonyl (C=O) groups excluding carboxylic acids is 2. The maximum Gasteiger partial charge on any atom is 0.328 e. The fourth-order valence-electron chi connectivity index (χ4n) is 2.10. The highest BCUT2D eigenvalue weighted by Gasteiger charge is 2.30. The molecule has 1 atom stereocenters. The van der Waals surface area contributed by atoms with Gasteiger partial charge in [0.2, 0.25) is 5.91 Å². The van der Waals surface area contributed by atoms with Crippen LogP contribution in [-0.2, 0) is 10.2 Å². The molecule has 1 aromatic rings. The first kappa shape index (κ1) is 13.6. The molecule has 0 aromatic heterocycles. The van der Waals surface area contributed by atoms with Gasteiger partial charge in [0.1, 0.15) is 0 Å². The Labute approximate surface area is 113 Å². The van der Waals surface area contributed by atoms with Crippen molar-refractivity contribution in [1.82, 2.24) is 5.32 Å². The Morgan fingerprint density at radius 2 is 1.74 bits per heavy atom. The maximum absolute atomic E-state index is 11.8. The van der Waals surface area contributed by atoms with Crippen molar-refractivity contribution in [2.45, 2.75) is 33.1 Å². The summed E-state index contributed by atoms with van der Waals surface area (Å²) in [5.41, 5.74) is 2.13. The molecule has 0 bridgehead atoms. The van der Waals surface area contributed by atoms with Gasteiger partial charge in [0.05, 0.1) is 5.92 Å². The minimum absolute atomic E-state index is 0.0892. The number of hydrogen-bond donors (Lipinski definition) is 1. The van der Waals surface area contributed by atoms with Gasteiger partial charge in [-0.05, 0) is 23.1 Å². The van der Waals surface area contributed by atoms with Crippen LogP contribution in [0.25, 0.3) is 0 Å². The van der Waals surface area contributed by atoms with Gasteiger partial charge in [-0.25, -0.2) is 4.79 Å². The lowest BCUT2D eigenvalue weighted by atomic mass is 9.87. The van der Waals surface area contributed by atoms with Gasteiger partial charge in [-0.3, -0.25) is 15.0 Å². The minimum atomic E-state index is -0.341. The Morgan fingerprint density at radius 3 is 2.26 bits per heavy atom. The number of nitrogens with zero attached hydrogens (tertiary/aromatic N) is 1. The number of carbonyl (C=O) groups is 2. The van der Waals surface area contributed by atoms with Crippen LogP contribution in [0.4, 0.5) is 10.5 Å². The summed E-state index contributed by atoms with van der Waals surface area (Å²) in [4.78, 5) is 24.8. The zero-order valence-corrected chi connectivity index (χ0v) is 11.9. The van der Waals surface area contributed by atoms with Crippen molar-refractivity contribution in [2.24, 2.45) is 5.92 Å². The molecule has 1 aromatic carbocycles. The van der Waals surface area contributed by atoms with E-state index in [9.17, 15) is 9.59 Å². The molecule has 0 saturated carbocycles. The van der Waals surface area contributed by atoms with Gasteiger partial charge in [-0.15, -0.1) is 0 Å². The van der Waals surface area contributed by atoms with Crippen LogP contribution < -0.4 is 10.2 Å². The van der Waals surface area contributed by atoms with Crippen LogP contribution >= 0.6 is 0 Å². The normalized spacial score (nSPS) is 20.4. The molecule has 2 rings (SSSR count). The van der Waals surface area contributed by atoms with Crippen LogP contribution in [-0.4, -0.2) is 18.5 Å². The highest BCUT2D eigenvalue weighted by molar-refractivity contribution is 6.06. The van der Waals surface area contributed by atoms with E-state index in [1.165, 1.54) is 5.56 Å². The van der Waals surface area contributed by atoms with Crippen LogP contribution in [0, 0.1) is 5.92 Å². The van der Waals surface area contributed by atoms with Crippen molar-refractivity contribution in [3.63, 3.8) is 0 Å². The van der Waals surface area contributed by atoms with E-state index in [2.05, 4.69) is 26.1 Å². The van der Waals surface area contributed by atoms with Crippen LogP contribution in [0.15, 0.2) is 24.3 Å². The van der Waals surface area contributed by atoms with Crippen molar-refractivity contribution >= 4 is 17.6 Å². The van der Waals surface area contributed by atoms with E-state index in [0.717, 1.165) is 5.69 Å². The van der Waals surface area contributed by atoms with Gasteiger partial charge in [0.25, 0.3) is 0 Å². The molecule has 1 heterocycles. The van der Waals surface area contributed by atoms with E-state index in [1.807, 2.05) is 31.2 Å². The molecule has 1 unspecified atom stereocenters. The maximum atomic E-state index is 11.8. The molecular weight excluding hydrogens is 240 g/mol. The minimum Gasteiger partial charge on any atom is -0.293 e. The standard InChI is InChI=1S/C15H20N2O2/c1-10-9-17(14(19)16-13(10)18)12-7-5-11(6-8-12)15(2,3)4/h5-8,10H,9H2,1-4H3,(H,16,18,19). The Hall–Kier alpha value is -1.84. The Morgan fingerprint density at radius 1 is 1.16 bits per heavy atom. The van der Waals surface area contributed by atoms with E-state index in [4.69, 9.17) is 0 Å². The monoisotopic (exact) mass is 260 g/mol. The van der Waals surface area contributed by atoms with E-state index in [1.54, 1.807) is 4.90 Å². The van der Waals surface area contributed by atoms with Crippen molar-refractivity contribution in [1.29, 1.82) is 0 Å². The lowest BCUT2D eigenvalue weighted by molar-refractivity contribution is -0.123. The summed E-state index contributed by atoms with van der Waals surface area (Å²) in [5, 5.41) is 2.37. The highest BCUT2D eigenvalue weighted by atomic mass is 16.2. The lowest BCUT2D eigenvalue weighted by Crippen LogP contribution is -2.53. The second kappa shape index (κ2) is 4.68. The third-order valence-corrected chi connectivity index (χ3v) is 3.42. The molecule has 19 heavy (non-hydrogen) atoms. The zero-order valence-electron chi connectivity index (χ0n) is 11.9. The van der Waals surface area contributed by atoms with Gasteiger partial charge in [0, 0.05) is 12.2 Å². The van der Waals surface area contributed by atoms with E-state index < -0.39 is 0 Å².